The molecule has 8 nitrogen and oxygen atoms in total. The molecular formula is C45H79O8P. The van der Waals surface area contributed by atoms with Gasteiger partial charge in [-0.15, -0.1) is 0 Å². The third-order valence-electron chi connectivity index (χ3n) is 9.05. The van der Waals surface area contributed by atoms with Crippen molar-refractivity contribution in [3.63, 3.8) is 0 Å². The summed E-state index contributed by atoms with van der Waals surface area (Å²) in [5, 5.41) is 0. The summed E-state index contributed by atoms with van der Waals surface area (Å²) in [6.07, 6.45) is 50.9. The molecule has 0 aromatic heterocycles. The quantitative estimate of drug-likeness (QED) is 0.0274. The number of rotatable bonds is 39. The number of phosphoric acid groups is 1. The first-order valence-corrected chi connectivity index (χ1v) is 23.1. The van der Waals surface area contributed by atoms with Crippen LogP contribution in [0.1, 0.15) is 194 Å². The van der Waals surface area contributed by atoms with Crippen LogP contribution in [0.5, 0.6) is 0 Å². The standard InChI is InChI=1S/C45H79O8P/c1-3-5-7-9-11-13-15-17-19-21-22-24-26-28-30-32-34-36-38-40-45(47)53-43(42-52-54(48,49)50)41-51-44(46)39-37-35-33-31-29-27-25-23-20-18-16-14-12-10-8-6-4-2/h6,8,12,14,18,20,25,27,31,33,43H,3-5,7,9-11,13,15-17,19,21-24,26,28-30,32,34-42H2,1-2H3,(H2,48,49,50)/b8-6-,14-12-,20-18-,27-25-,33-31-/t43-/m1/s1. The van der Waals surface area contributed by atoms with Gasteiger partial charge >= 0.3 is 19.8 Å². The maximum Gasteiger partial charge on any atom is 0.469 e. The fourth-order valence-corrected chi connectivity index (χ4v) is 6.24. The van der Waals surface area contributed by atoms with E-state index >= 15 is 0 Å². The highest BCUT2D eigenvalue weighted by Gasteiger charge is 2.22. The SMILES string of the molecule is CC/C=C\C/C=C\C/C=C\C/C=C\C/C=C\CCCC(=O)OC[C@H](COP(=O)(O)O)OC(=O)CCCCCCCCCCCCCCCCCCCCC. The van der Waals surface area contributed by atoms with E-state index in [4.69, 9.17) is 19.3 Å². The van der Waals surface area contributed by atoms with Crippen molar-refractivity contribution in [1.82, 2.24) is 0 Å². The monoisotopic (exact) mass is 779 g/mol. The van der Waals surface area contributed by atoms with Crippen molar-refractivity contribution in [3.05, 3.63) is 60.8 Å². The number of hydrogen-bond acceptors (Lipinski definition) is 6. The van der Waals surface area contributed by atoms with Crippen LogP contribution in [0.15, 0.2) is 60.8 Å². The molecule has 0 spiro atoms. The van der Waals surface area contributed by atoms with Gasteiger partial charge in [-0.05, 0) is 51.4 Å². The first kappa shape index (κ1) is 51.8. The Labute approximate surface area is 330 Å². The van der Waals surface area contributed by atoms with Crippen molar-refractivity contribution in [2.24, 2.45) is 0 Å². The lowest BCUT2D eigenvalue weighted by Crippen LogP contribution is -2.29. The third kappa shape index (κ3) is 42.5. The molecule has 0 aliphatic heterocycles. The van der Waals surface area contributed by atoms with Gasteiger partial charge in [0.05, 0.1) is 6.61 Å². The second-order valence-electron chi connectivity index (χ2n) is 14.3. The Morgan fingerprint density at radius 3 is 1.31 bits per heavy atom. The molecule has 0 aromatic rings. The van der Waals surface area contributed by atoms with E-state index in [1.165, 1.54) is 96.3 Å². The van der Waals surface area contributed by atoms with E-state index in [9.17, 15) is 14.2 Å². The van der Waals surface area contributed by atoms with Crippen molar-refractivity contribution in [1.29, 1.82) is 0 Å². The second-order valence-corrected chi connectivity index (χ2v) is 15.5. The molecular weight excluding hydrogens is 699 g/mol. The number of carbonyl (C=O) groups is 2. The van der Waals surface area contributed by atoms with Crippen molar-refractivity contribution >= 4 is 19.8 Å². The van der Waals surface area contributed by atoms with Gasteiger partial charge in [-0.25, -0.2) is 4.57 Å². The van der Waals surface area contributed by atoms with Crippen LogP contribution < -0.4 is 0 Å². The molecule has 1 atom stereocenters. The van der Waals surface area contributed by atoms with Crippen LogP contribution in [0.2, 0.25) is 0 Å². The van der Waals surface area contributed by atoms with E-state index in [1.54, 1.807) is 0 Å². The average Bonchev–Trinajstić information content (AvgIpc) is 3.14. The normalized spacial score (nSPS) is 13.0. The topological polar surface area (TPSA) is 119 Å². The fourth-order valence-electron chi connectivity index (χ4n) is 5.88. The molecule has 0 radical (unpaired) electrons. The highest BCUT2D eigenvalue weighted by Crippen LogP contribution is 2.36. The van der Waals surface area contributed by atoms with E-state index < -0.39 is 32.5 Å². The maximum atomic E-state index is 12.4. The molecule has 0 rings (SSSR count). The number of unbranched alkanes of at least 4 members (excludes halogenated alkanes) is 19. The summed E-state index contributed by atoms with van der Waals surface area (Å²) in [5.41, 5.74) is 0. The summed E-state index contributed by atoms with van der Waals surface area (Å²) >= 11 is 0. The number of hydrogen-bond donors (Lipinski definition) is 2. The first-order chi connectivity index (χ1) is 26.3. The molecule has 0 aliphatic rings. The number of phosphoric ester groups is 1. The highest BCUT2D eigenvalue weighted by molar-refractivity contribution is 7.46. The summed E-state index contributed by atoms with van der Waals surface area (Å²) in [7, 11) is -4.77. The van der Waals surface area contributed by atoms with Gasteiger partial charge in [0, 0.05) is 12.8 Å². The van der Waals surface area contributed by atoms with Crippen LogP contribution in [0.3, 0.4) is 0 Å². The van der Waals surface area contributed by atoms with Gasteiger partial charge in [-0.2, -0.15) is 0 Å². The molecule has 54 heavy (non-hydrogen) atoms. The molecule has 0 fully saturated rings. The predicted molar refractivity (Wildman–Crippen MR) is 225 cm³/mol. The van der Waals surface area contributed by atoms with Gasteiger partial charge in [-0.3, -0.25) is 14.1 Å². The highest BCUT2D eigenvalue weighted by atomic mass is 31.2. The summed E-state index contributed by atoms with van der Waals surface area (Å²) in [6.45, 7) is 3.54. The van der Waals surface area contributed by atoms with Crippen LogP contribution in [0, 0.1) is 0 Å². The zero-order valence-electron chi connectivity index (χ0n) is 34.4. The number of ether oxygens (including phenoxy) is 2. The molecule has 0 unspecified atom stereocenters. The van der Waals surface area contributed by atoms with Gasteiger partial charge in [0.25, 0.3) is 0 Å². The molecule has 0 heterocycles. The summed E-state index contributed by atoms with van der Waals surface area (Å²) in [5.74, 6) is -0.950. The van der Waals surface area contributed by atoms with E-state index in [1.807, 2.05) is 6.08 Å². The molecule has 0 amide bonds. The molecule has 2 N–H and O–H groups in total. The van der Waals surface area contributed by atoms with Gasteiger partial charge in [0.1, 0.15) is 6.61 Å². The minimum atomic E-state index is -4.77. The molecule has 0 aromatic carbocycles. The Hall–Kier alpha value is -2.25. The zero-order chi connectivity index (χ0) is 39.6. The van der Waals surface area contributed by atoms with Gasteiger partial charge < -0.3 is 19.3 Å². The van der Waals surface area contributed by atoms with E-state index in [2.05, 4.69) is 73.1 Å². The Morgan fingerprint density at radius 2 is 0.889 bits per heavy atom. The molecule has 0 aliphatic carbocycles. The number of esters is 2. The Bertz CT molecular complexity index is 1060. The van der Waals surface area contributed by atoms with Crippen LogP contribution >= 0.6 is 7.82 Å². The van der Waals surface area contributed by atoms with Gasteiger partial charge in [-0.1, -0.05) is 190 Å². The summed E-state index contributed by atoms with van der Waals surface area (Å²) < 4.78 is 26.4. The average molecular weight is 779 g/mol. The summed E-state index contributed by atoms with van der Waals surface area (Å²) in [6, 6.07) is 0. The molecule has 0 bridgehead atoms. The molecule has 312 valence electrons. The van der Waals surface area contributed by atoms with Crippen LogP contribution in [0.25, 0.3) is 0 Å². The van der Waals surface area contributed by atoms with Crippen LogP contribution in [-0.2, 0) is 28.2 Å². The van der Waals surface area contributed by atoms with Gasteiger partial charge in [0.2, 0.25) is 0 Å². The van der Waals surface area contributed by atoms with E-state index in [0.29, 0.717) is 12.8 Å². The number of allylic oxidation sites excluding steroid dienone is 10. The van der Waals surface area contributed by atoms with E-state index in [-0.39, 0.29) is 19.4 Å². The lowest BCUT2D eigenvalue weighted by Gasteiger charge is -2.18. The minimum absolute atomic E-state index is 0.188. The van der Waals surface area contributed by atoms with E-state index in [0.717, 1.165) is 57.8 Å². The Morgan fingerprint density at radius 1 is 0.500 bits per heavy atom. The Balaban J connectivity index is 3.97. The third-order valence-corrected chi connectivity index (χ3v) is 9.54. The first-order valence-electron chi connectivity index (χ1n) is 21.6. The lowest BCUT2D eigenvalue weighted by molar-refractivity contribution is -0.161. The number of carbonyl (C=O) groups excluding carboxylic acids is 2. The van der Waals surface area contributed by atoms with Crippen LogP contribution in [0.4, 0.5) is 0 Å². The second kappa shape index (κ2) is 40.4. The Kier molecular flexibility index (Phi) is 38.7. The largest absolute Gasteiger partial charge is 0.469 e. The predicted octanol–water partition coefficient (Wildman–Crippen LogP) is 13.3. The fraction of sp³-hybridized carbons (Fsp3) is 0.733. The minimum Gasteiger partial charge on any atom is -0.462 e. The smallest absolute Gasteiger partial charge is 0.462 e. The molecule has 0 saturated heterocycles. The van der Waals surface area contributed by atoms with Crippen LogP contribution in [-0.4, -0.2) is 41.0 Å². The summed E-state index contributed by atoms with van der Waals surface area (Å²) in [4.78, 5) is 42.9. The lowest BCUT2D eigenvalue weighted by atomic mass is 10.0. The van der Waals surface area contributed by atoms with Crippen molar-refractivity contribution in [2.75, 3.05) is 13.2 Å². The molecule has 0 saturated carbocycles. The molecule has 9 heteroatoms. The van der Waals surface area contributed by atoms with Crippen molar-refractivity contribution in [2.45, 2.75) is 200 Å². The van der Waals surface area contributed by atoms with Gasteiger partial charge in [0.15, 0.2) is 6.10 Å². The van der Waals surface area contributed by atoms with Crippen molar-refractivity contribution in [3.8, 4) is 0 Å². The maximum absolute atomic E-state index is 12.4. The zero-order valence-corrected chi connectivity index (χ0v) is 35.2. The van der Waals surface area contributed by atoms with Crippen molar-refractivity contribution < 1.29 is 37.9 Å².